The van der Waals surface area contributed by atoms with Crippen molar-refractivity contribution in [2.75, 3.05) is 18.6 Å². The highest BCUT2D eigenvalue weighted by atomic mass is 35.5. The second-order valence-corrected chi connectivity index (χ2v) is 6.35. The molecule has 20 heavy (non-hydrogen) atoms. The van der Waals surface area contributed by atoms with Crippen LogP contribution in [0.3, 0.4) is 0 Å². The summed E-state index contributed by atoms with van der Waals surface area (Å²) in [5, 5.41) is -0.00631. The molecule has 1 aromatic carbocycles. The number of aryl methyl sites for hydroxylation is 1. The Morgan fingerprint density at radius 3 is 2.90 bits per heavy atom. The second kappa shape index (κ2) is 5.38. The Morgan fingerprint density at radius 2 is 2.20 bits per heavy atom. The van der Waals surface area contributed by atoms with Gasteiger partial charge >= 0.3 is 0 Å². The predicted molar refractivity (Wildman–Crippen MR) is 80.3 cm³/mol. The fraction of sp³-hybridized carbons (Fsp3) is 0.562. The largest absolute Gasteiger partial charge is 0.378 e. The summed E-state index contributed by atoms with van der Waals surface area (Å²) in [4.78, 5) is 13.4. The van der Waals surface area contributed by atoms with Gasteiger partial charge in [-0.1, -0.05) is 12.1 Å². The van der Waals surface area contributed by atoms with Crippen molar-refractivity contribution in [1.82, 2.24) is 0 Å². The van der Waals surface area contributed by atoms with Crippen LogP contribution >= 0.6 is 11.6 Å². The van der Waals surface area contributed by atoms with Crippen molar-refractivity contribution in [1.29, 1.82) is 0 Å². The van der Waals surface area contributed by atoms with E-state index in [1.807, 2.05) is 13.1 Å². The van der Waals surface area contributed by atoms with Crippen LogP contribution < -0.4 is 4.90 Å². The first-order chi connectivity index (χ1) is 9.56. The number of halogens is 1. The number of hydrogen-bond donors (Lipinski definition) is 0. The molecule has 0 bridgehead atoms. The van der Waals surface area contributed by atoms with E-state index in [0.717, 1.165) is 30.7 Å². The van der Waals surface area contributed by atoms with E-state index >= 15 is 0 Å². The third-order valence-corrected chi connectivity index (χ3v) is 5.02. The van der Waals surface area contributed by atoms with E-state index in [1.54, 1.807) is 4.90 Å². The minimum atomic E-state index is -0.00631. The zero-order valence-electron chi connectivity index (χ0n) is 11.9. The number of anilines is 1. The highest BCUT2D eigenvalue weighted by molar-refractivity contribution is 6.21. The van der Waals surface area contributed by atoms with Gasteiger partial charge in [0.25, 0.3) is 0 Å². The van der Waals surface area contributed by atoms with Crippen LogP contribution in [0, 0.1) is 5.92 Å². The zero-order valence-corrected chi connectivity index (χ0v) is 12.7. The van der Waals surface area contributed by atoms with E-state index in [0.29, 0.717) is 18.4 Å². The number of rotatable bonds is 2. The first-order valence-electron chi connectivity index (χ1n) is 7.21. The quantitative estimate of drug-likeness (QED) is 0.783. The van der Waals surface area contributed by atoms with Gasteiger partial charge in [-0.05, 0) is 37.0 Å². The van der Waals surface area contributed by atoms with Crippen LogP contribution in [0.2, 0.25) is 0 Å². The molecule has 4 heteroatoms. The molecular formula is C16H20ClNO2. The lowest BCUT2D eigenvalue weighted by Crippen LogP contribution is -2.31. The number of hydrogen-bond acceptors (Lipinski definition) is 2. The molecule has 3 atom stereocenters. The van der Waals surface area contributed by atoms with E-state index in [4.69, 9.17) is 16.3 Å². The number of ether oxygens (including phenoxy) is 1. The monoisotopic (exact) mass is 293 g/mol. The Labute approximate surface area is 124 Å². The average molecular weight is 294 g/mol. The molecule has 1 aromatic rings. The van der Waals surface area contributed by atoms with Gasteiger partial charge in [0, 0.05) is 25.1 Å². The smallest absolute Gasteiger partial charge is 0.227 e. The molecule has 0 N–H and O–H groups in total. The van der Waals surface area contributed by atoms with E-state index < -0.39 is 0 Å². The Balaban J connectivity index is 1.83. The minimum Gasteiger partial charge on any atom is -0.378 e. The van der Waals surface area contributed by atoms with Gasteiger partial charge in [0.15, 0.2) is 0 Å². The third kappa shape index (κ3) is 2.45. The van der Waals surface area contributed by atoms with Crippen molar-refractivity contribution in [2.45, 2.75) is 37.7 Å². The van der Waals surface area contributed by atoms with Crippen molar-refractivity contribution in [3.05, 3.63) is 29.3 Å². The summed E-state index contributed by atoms with van der Waals surface area (Å²) in [6, 6.07) is 6.24. The summed E-state index contributed by atoms with van der Waals surface area (Å²) in [6.07, 6.45) is 2.73. The Hall–Kier alpha value is -1.06. The molecule has 0 aromatic heterocycles. The lowest BCUT2D eigenvalue weighted by Gasteiger charge is -2.27. The van der Waals surface area contributed by atoms with Crippen molar-refractivity contribution < 1.29 is 9.53 Å². The van der Waals surface area contributed by atoms with Crippen LogP contribution in [0.1, 0.15) is 36.3 Å². The van der Waals surface area contributed by atoms with Gasteiger partial charge in [-0.2, -0.15) is 0 Å². The molecule has 1 amide bonds. The van der Waals surface area contributed by atoms with Crippen LogP contribution in [0.4, 0.5) is 5.69 Å². The fourth-order valence-electron chi connectivity index (χ4n) is 3.17. The maximum absolute atomic E-state index is 11.7. The standard InChI is InChI=1S/C16H20ClNO2/c1-10-7-13(9-20-10)16(17)12-3-5-14-11(8-12)4-6-15(19)18(14)2/h3,5,8,10,13,16H,4,6-7,9H2,1-2H3. The Morgan fingerprint density at radius 1 is 1.40 bits per heavy atom. The number of nitrogens with zero attached hydrogens (tertiary/aromatic N) is 1. The van der Waals surface area contributed by atoms with E-state index in [1.165, 1.54) is 5.56 Å². The number of benzene rings is 1. The third-order valence-electron chi connectivity index (χ3n) is 4.41. The van der Waals surface area contributed by atoms with Gasteiger partial charge in [0.05, 0.1) is 18.1 Å². The number of amides is 1. The first kappa shape index (κ1) is 13.9. The molecule has 0 radical (unpaired) electrons. The maximum atomic E-state index is 11.7. The number of carbonyl (C=O) groups is 1. The zero-order chi connectivity index (χ0) is 14.3. The molecule has 3 rings (SSSR count). The van der Waals surface area contributed by atoms with Gasteiger partial charge in [-0.15, -0.1) is 11.6 Å². The van der Waals surface area contributed by atoms with Crippen molar-refractivity contribution in [2.24, 2.45) is 5.92 Å². The van der Waals surface area contributed by atoms with E-state index in [9.17, 15) is 4.79 Å². The SMILES string of the molecule is CC1CC(C(Cl)c2ccc3c(c2)CCC(=O)N3C)CO1. The summed E-state index contributed by atoms with van der Waals surface area (Å²) in [6.45, 7) is 2.84. The summed E-state index contributed by atoms with van der Waals surface area (Å²) >= 11 is 6.62. The molecule has 0 spiro atoms. The molecule has 2 aliphatic heterocycles. The molecule has 108 valence electrons. The van der Waals surface area contributed by atoms with Crippen LogP contribution in [0.5, 0.6) is 0 Å². The molecule has 3 unspecified atom stereocenters. The maximum Gasteiger partial charge on any atom is 0.227 e. The van der Waals surface area contributed by atoms with E-state index in [2.05, 4.69) is 19.1 Å². The van der Waals surface area contributed by atoms with Gasteiger partial charge in [0.2, 0.25) is 5.91 Å². The summed E-state index contributed by atoms with van der Waals surface area (Å²) in [5.41, 5.74) is 3.39. The molecule has 2 aliphatic rings. The van der Waals surface area contributed by atoms with Crippen molar-refractivity contribution >= 4 is 23.2 Å². The lowest BCUT2D eigenvalue weighted by atomic mass is 9.92. The number of carbonyl (C=O) groups excluding carboxylic acids is 1. The summed E-state index contributed by atoms with van der Waals surface area (Å²) in [5.74, 6) is 0.568. The van der Waals surface area contributed by atoms with E-state index in [-0.39, 0.29) is 11.3 Å². The van der Waals surface area contributed by atoms with Crippen LogP contribution in [-0.4, -0.2) is 25.7 Å². The Bertz CT molecular complexity index is 531. The average Bonchev–Trinajstić information content (AvgIpc) is 2.88. The normalized spacial score (nSPS) is 27.6. The van der Waals surface area contributed by atoms with Gasteiger partial charge in [-0.3, -0.25) is 4.79 Å². The second-order valence-electron chi connectivity index (χ2n) is 5.88. The first-order valence-corrected chi connectivity index (χ1v) is 7.65. The lowest BCUT2D eigenvalue weighted by molar-refractivity contribution is -0.118. The summed E-state index contributed by atoms with van der Waals surface area (Å²) < 4.78 is 5.61. The van der Waals surface area contributed by atoms with Crippen LogP contribution in [-0.2, 0) is 16.0 Å². The fourth-order valence-corrected chi connectivity index (χ4v) is 3.49. The van der Waals surface area contributed by atoms with Gasteiger partial charge in [-0.25, -0.2) is 0 Å². The molecule has 1 saturated heterocycles. The molecule has 0 saturated carbocycles. The molecule has 3 nitrogen and oxygen atoms in total. The highest BCUT2D eigenvalue weighted by Crippen LogP contribution is 2.38. The topological polar surface area (TPSA) is 29.5 Å². The molecule has 2 heterocycles. The number of fused-ring (bicyclic) bond motifs is 1. The highest BCUT2D eigenvalue weighted by Gasteiger charge is 2.30. The summed E-state index contributed by atoms with van der Waals surface area (Å²) in [7, 11) is 1.84. The van der Waals surface area contributed by atoms with Crippen LogP contribution in [0.15, 0.2) is 18.2 Å². The molecular weight excluding hydrogens is 274 g/mol. The van der Waals surface area contributed by atoms with Gasteiger partial charge < -0.3 is 9.64 Å². The number of alkyl halides is 1. The molecule has 1 fully saturated rings. The van der Waals surface area contributed by atoms with Crippen molar-refractivity contribution in [3.63, 3.8) is 0 Å². The van der Waals surface area contributed by atoms with Crippen molar-refractivity contribution in [3.8, 4) is 0 Å². The minimum absolute atomic E-state index is 0.00631. The van der Waals surface area contributed by atoms with Gasteiger partial charge in [0.1, 0.15) is 0 Å². The Kier molecular flexibility index (Phi) is 3.74. The predicted octanol–water partition coefficient (Wildman–Crippen LogP) is 3.30. The van der Waals surface area contributed by atoms with Crippen LogP contribution in [0.25, 0.3) is 0 Å². The molecule has 0 aliphatic carbocycles.